The summed E-state index contributed by atoms with van der Waals surface area (Å²) < 4.78 is 0. The summed E-state index contributed by atoms with van der Waals surface area (Å²) in [5, 5.41) is 20.6. The van der Waals surface area contributed by atoms with Gasteiger partial charge in [-0.05, 0) is 25.3 Å². The van der Waals surface area contributed by atoms with Crippen LogP contribution in [0.5, 0.6) is 0 Å². The summed E-state index contributed by atoms with van der Waals surface area (Å²) in [4.78, 5) is 12.6. The van der Waals surface area contributed by atoms with Crippen molar-refractivity contribution in [1.29, 1.82) is 0 Å². The second-order valence-electron chi connectivity index (χ2n) is 5.21. The topological polar surface area (TPSA) is 66.6 Å². The van der Waals surface area contributed by atoms with Crippen LogP contribution in [0.2, 0.25) is 0 Å². The minimum Gasteiger partial charge on any atom is -0.392 e. The van der Waals surface area contributed by atoms with E-state index in [2.05, 4.69) is 4.90 Å². The molecule has 1 aromatic rings. The van der Waals surface area contributed by atoms with Gasteiger partial charge in [0, 0.05) is 17.5 Å². The van der Waals surface area contributed by atoms with Crippen molar-refractivity contribution in [2.24, 2.45) is 0 Å². The van der Waals surface area contributed by atoms with Crippen LogP contribution in [0.1, 0.15) is 25.3 Å². The van der Waals surface area contributed by atoms with E-state index in [1.54, 1.807) is 6.92 Å². The highest BCUT2D eigenvalue weighted by Crippen LogP contribution is 2.28. The average molecular weight is 264 g/mol. The molecule has 1 saturated heterocycles. The molecule has 5 nitrogen and oxygen atoms in total. The lowest BCUT2D eigenvalue weighted by Gasteiger charge is -2.30. The maximum atomic E-state index is 10.7. The number of hydrogen-bond donors (Lipinski definition) is 1. The van der Waals surface area contributed by atoms with E-state index in [-0.39, 0.29) is 23.6 Å². The predicted molar refractivity (Wildman–Crippen MR) is 72.3 cm³/mol. The highest BCUT2D eigenvalue weighted by Gasteiger charge is 2.38. The Bertz CT molecular complexity index is 422. The standard InChI is InChI=1S/C14H20N2O3/c1-11(17)14-8-7-13(10-16(18)19)15(14)9-12-5-3-2-4-6-12/h2-6,11,13-14,17H,7-10H2,1H3/t11-,13+,14-/m0/s1. The molecule has 0 saturated carbocycles. The Labute approximate surface area is 113 Å². The van der Waals surface area contributed by atoms with Crippen LogP contribution in [-0.4, -0.2) is 39.7 Å². The molecule has 0 bridgehead atoms. The van der Waals surface area contributed by atoms with Gasteiger partial charge >= 0.3 is 0 Å². The molecule has 0 amide bonds. The van der Waals surface area contributed by atoms with Gasteiger partial charge in [0.1, 0.15) is 0 Å². The number of rotatable bonds is 5. The second kappa shape index (κ2) is 6.12. The van der Waals surface area contributed by atoms with E-state index < -0.39 is 6.10 Å². The molecule has 19 heavy (non-hydrogen) atoms. The first-order valence-electron chi connectivity index (χ1n) is 6.67. The molecule has 3 atom stereocenters. The van der Waals surface area contributed by atoms with E-state index in [4.69, 9.17) is 0 Å². The largest absolute Gasteiger partial charge is 0.392 e. The van der Waals surface area contributed by atoms with E-state index >= 15 is 0 Å². The fraction of sp³-hybridized carbons (Fsp3) is 0.571. The number of nitro groups is 1. The van der Waals surface area contributed by atoms with Gasteiger partial charge in [0.2, 0.25) is 6.54 Å². The lowest BCUT2D eigenvalue weighted by molar-refractivity contribution is -0.486. The third-order valence-electron chi connectivity index (χ3n) is 3.82. The highest BCUT2D eigenvalue weighted by atomic mass is 16.6. The lowest BCUT2D eigenvalue weighted by Crippen LogP contribution is -2.43. The Morgan fingerprint density at radius 3 is 2.68 bits per heavy atom. The summed E-state index contributed by atoms with van der Waals surface area (Å²) in [6.45, 7) is 2.38. The lowest BCUT2D eigenvalue weighted by atomic mass is 10.1. The molecule has 0 aromatic heterocycles. The molecule has 104 valence electrons. The van der Waals surface area contributed by atoms with Crippen LogP contribution in [0, 0.1) is 10.1 Å². The fourth-order valence-corrected chi connectivity index (χ4v) is 2.89. The van der Waals surface area contributed by atoms with Crippen molar-refractivity contribution < 1.29 is 10.0 Å². The van der Waals surface area contributed by atoms with Crippen molar-refractivity contribution >= 4 is 0 Å². The number of likely N-dealkylation sites (tertiary alicyclic amines) is 1. The Kier molecular flexibility index (Phi) is 4.50. The van der Waals surface area contributed by atoms with Gasteiger partial charge in [-0.15, -0.1) is 0 Å². The maximum Gasteiger partial charge on any atom is 0.219 e. The van der Waals surface area contributed by atoms with Crippen molar-refractivity contribution in [3.05, 3.63) is 46.0 Å². The summed E-state index contributed by atoms with van der Waals surface area (Å²) in [6.07, 6.45) is 1.15. The zero-order valence-corrected chi connectivity index (χ0v) is 11.1. The average Bonchev–Trinajstić information content (AvgIpc) is 2.73. The molecular weight excluding hydrogens is 244 g/mol. The van der Waals surface area contributed by atoms with Crippen LogP contribution < -0.4 is 0 Å². The van der Waals surface area contributed by atoms with Crippen molar-refractivity contribution in [3.63, 3.8) is 0 Å². The minimum atomic E-state index is -0.458. The molecule has 0 radical (unpaired) electrons. The Balaban J connectivity index is 2.12. The van der Waals surface area contributed by atoms with Crippen LogP contribution >= 0.6 is 0 Å². The fourth-order valence-electron chi connectivity index (χ4n) is 2.89. The van der Waals surface area contributed by atoms with Gasteiger partial charge in [0.05, 0.1) is 12.1 Å². The molecular formula is C14H20N2O3. The molecule has 1 heterocycles. The summed E-state index contributed by atoms with van der Waals surface area (Å²) in [7, 11) is 0. The monoisotopic (exact) mass is 264 g/mol. The molecule has 5 heteroatoms. The van der Waals surface area contributed by atoms with Crippen molar-refractivity contribution in [2.45, 2.75) is 44.5 Å². The minimum absolute atomic E-state index is 0.0187. The third-order valence-corrected chi connectivity index (χ3v) is 3.82. The van der Waals surface area contributed by atoms with Crippen LogP contribution in [0.3, 0.4) is 0 Å². The van der Waals surface area contributed by atoms with E-state index in [1.807, 2.05) is 30.3 Å². The van der Waals surface area contributed by atoms with Gasteiger partial charge in [-0.2, -0.15) is 0 Å². The van der Waals surface area contributed by atoms with E-state index in [9.17, 15) is 15.2 Å². The number of aliphatic hydroxyl groups excluding tert-OH is 1. The number of nitrogens with zero attached hydrogens (tertiary/aromatic N) is 2. The Morgan fingerprint density at radius 1 is 1.42 bits per heavy atom. The van der Waals surface area contributed by atoms with Crippen LogP contribution in [-0.2, 0) is 6.54 Å². The summed E-state index contributed by atoms with van der Waals surface area (Å²) in [6, 6.07) is 9.85. The quantitative estimate of drug-likeness (QED) is 0.649. The number of benzene rings is 1. The van der Waals surface area contributed by atoms with Crippen molar-refractivity contribution in [2.75, 3.05) is 6.54 Å². The summed E-state index contributed by atoms with van der Waals surface area (Å²) in [5.74, 6) is 0. The molecule has 1 fully saturated rings. The van der Waals surface area contributed by atoms with E-state index in [1.165, 1.54) is 0 Å². The van der Waals surface area contributed by atoms with Gasteiger partial charge in [-0.25, -0.2) is 0 Å². The molecule has 2 rings (SSSR count). The maximum absolute atomic E-state index is 10.7. The smallest absolute Gasteiger partial charge is 0.219 e. The normalized spacial score (nSPS) is 25.4. The molecule has 1 aliphatic heterocycles. The summed E-state index contributed by atoms with van der Waals surface area (Å²) >= 11 is 0. The first kappa shape index (κ1) is 14.0. The highest BCUT2D eigenvalue weighted by molar-refractivity contribution is 5.15. The van der Waals surface area contributed by atoms with Crippen molar-refractivity contribution in [3.8, 4) is 0 Å². The van der Waals surface area contributed by atoms with E-state index in [0.717, 1.165) is 18.4 Å². The number of aliphatic hydroxyl groups is 1. The number of hydrogen-bond acceptors (Lipinski definition) is 4. The van der Waals surface area contributed by atoms with Gasteiger partial charge in [-0.1, -0.05) is 30.3 Å². The van der Waals surface area contributed by atoms with E-state index in [0.29, 0.717) is 6.54 Å². The molecule has 1 aliphatic rings. The summed E-state index contributed by atoms with van der Waals surface area (Å²) in [5.41, 5.74) is 1.13. The van der Waals surface area contributed by atoms with Gasteiger partial charge in [0.15, 0.2) is 0 Å². The predicted octanol–water partition coefficient (Wildman–Crippen LogP) is 1.68. The first-order valence-corrected chi connectivity index (χ1v) is 6.67. The van der Waals surface area contributed by atoms with Crippen molar-refractivity contribution in [1.82, 2.24) is 4.90 Å². The third kappa shape index (κ3) is 3.52. The van der Waals surface area contributed by atoms with Crippen LogP contribution in [0.25, 0.3) is 0 Å². The zero-order valence-electron chi connectivity index (χ0n) is 11.1. The SMILES string of the molecule is C[C@H](O)[C@@H]1CC[C@H](C[N+](=O)[O-])N1Cc1ccccc1. The molecule has 1 N–H and O–H groups in total. The van der Waals surface area contributed by atoms with Gasteiger partial charge < -0.3 is 5.11 Å². The Hall–Kier alpha value is -1.46. The molecule has 0 unspecified atom stereocenters. The first-order chi connectivity index (χ1) is 9.08. The van der Waals surface area contributed by atoms with Crippen LogP contribution in [0.4, 0.5) is 0 Å². The molecule has 1 aromatic carbocycles. The Morgan fingerprint density at radius 2 is 2.11 bits per heavy atom. The molecule has 0 spiro atoms. The van der Waals surface area contributed by atoms with Crippen LogP contribution in [0.15, 0.2) is 30.3 Å². The zero-order chi connectivity index (χ0) is 13.8. The van der Waals surface area contributed by atoms with Gasteiger partial charge in [-0.3, -0.25) is 15.0 Å². The molecule has 0 aliphatic carbocycles. The second-order valence-corrected chi connectivity index (χ2v) is 5.21. The van der Waals surface area contributed by atoms with Gasteiger partial charge in [0.25, 0.3) is 0 Å².